The molecule has 0 bridgehead atoms. The Bertz CT molecular complexity index is 1660. The minimum Gasteiger partial charge on any atom is -0.457 e. The molecule has 200 valence electrons. The molecule has 6 heteroatoms. The first-order valence-corrected chi connectivity index (χ1v) is 13.9. The molecule has 5 nitrogen and oxygen atoms in total. The Hall–Kier alpha value is -4.42. The van der Waals surface area contributed by atoms with Crippen LogP contribution in [0.3, 0.4) is 0 Å². The molecule has 1 saturated heterocycles. The highest BCUT2D eigenvalue weighted by Gasteiger charge is 2.42. The van der Waals surface area contributed by atoms with Gasteiger partial charge >= 0.3 is 0 Å². The Morgan fingerprint density at radius 1 is 0.800 bits per heavy atom. The third-order valence-electron chi connectivity index (χ3n) is 7.62. The molecule has 6 rings (SSSR count). The summed E-state index contributed by atoms with van der Waals surface area (Å²) < 4.78 is 8.49. The van der Waals surface area contributed by atoms with Gasteiger partial charge in [-0.25, -0.2) is 0 Å². The SMILES string of the molecule is Cc1ccc(-n2c(C)cc([C@@H]3[C@H](c4ccccn4)NC(=S)N3c3ccc(Oc4ccccc4C)cc3)c2C)cc1. The second-order valence-corrected chi connectivity index (χ2v) is 10.7. The number of para-hydroxylation sites is 1. The van der Waals surface area contributed by atoms with E-state index in [0.29, 0.717) is 5.11 Å². The standard InChI is InChI=1S/C34H32N4OS/c1-22-12-14-26(15-13-22)37-24(3)21-29(25(37)4)33-32(30-10-7-8-20-35-30)36-34(40)38(33)27-16-18-28(19-17-27)39-31-11-6-5-9-23(31)2/h5-21,32-33H,1-4H3,(H,36,40)/t32-,33+/m0/s1. The van der Waals surface area contributed by atoms with Gasteiger partial charge in [-0.15, -0.1) is 0 Å². The summed E-state index contributed by atoms with van der Waals surface area (Å²) in [5.74, 6) is 1.64. The summed E-state index contributed by atoms with van der Waals surface area (Å²) >= 11 is 5.97. The third kappa shape index (κ3) is 4.75. The molecule has 3 heterocycles. The summed E-state index contributed by atoms with van der Waals surface area (Å²) in [7, 11) is 0. The maximum absolute atomic E-state index is 6.17. The highest BCUT2D eigenvalue weighted by Crippen LogP contribution is 2.44. The van der Waals surface area contributed by atoms with Crippen molar-refractivity contribution in [1.82, 2.24) is 14.9 Å². The number of rotatable bonds is 6. The van der Waals surface area contributed by atoms with E-state index < -0.39 is 0 Å². The first kappa shape index (κ1) is 25.8. The van der Waals surface area contributed by atoms with Gasteiger partial charge in [-0.2, -0.15) is 0 Å². The Morgan fingerprint density at radius 2 is 1.50 bits per heavy atom. The number of pyridine rings is 1. The fraction of sp³-hybridized carbons (Fsp3) is 0.176. The highest BCUT2D eigenvalue weighted by atomic mass is 32.1. The lowest BCUT2D eigenvalue weighted by molar-refractivity contribution is 0.479. The zero-order valence-corrected chi connectivity index (χ0v) is 23.9. The maximum atomic E-state index is 6.17. The number of nitrogens with zero attached hydrogens (tertiary/aromatic N) is 3. The monoisotopic (exact) mass is 544 g/mol. The first-order chi connectivity index (χ1) is 19.4. The van der Waals surface area contributed by atoms with E-state index in [9.17, 15) is 0 Å². The van der Waals surface area contributed by atoms with Gasteiger partial charge in [0.2, 0.25) is 0 Å². The van der Waals surface area contributed by atoms with Crippen molar-refractivity contribution in [3.8, 4) is 17.2 Å². The summed E-state index contributed by atoms with van der Waals surface area (Å²) in [5, 5.41) is 4.26. The van der Waals surface area contributed by atoms with Gasteiger partial charge in [-0.3, -0.25) is 4.98 Å². The molecule has 0 aliphatic carbocycles. The summed E-state index contributed by atoms with van der Waals surface area (Å²) in [6, 6.07) is 33.0. The van der Waals surface area contributed by atoms with Crippen LogP contribution in [0.1, 0.15) is 45.9 Å². The minimum absolute atomic E-state index is 0.0871. The minimum atomic E-state index is -0.108. The topological polar surface area (TPSA) is 42.3 Å². The van der Waals surface area contributed by atoms with Gasteiger partial charge in [0.25, 0.3) is 0 Å². The second kappa shape index (κ2) is 10.6. The van der Waals surface area contributed by atoms with Crippen molar-refractivity contribution < 1.29 is 4.74 Å². The molecular weight excluding hydrogens is 512 g/mol. The molecule has 0 spiro atoms. The van der Waals surface area contributed by atoms with Crippen molar-refractivity contribution in [2.75, 3.05) is 4.90 Å². The molecule has 3 aromatic carbocycles. The molecule has 0 radical (unpaired) electrons. The van der Waals surface area contributed by atoms with Crippen molar-refractivity contribution in [2.24, 2.45) is 0 Å². The van der Waals surface area contributed by atoms with Crippen LogP contribution < -0.4 is 15.0 Å². The first-order valence-electron chi connectivity index (χ1n) is 13.5. The number of hydrogen-bond acceptors (Lipinski definition) is 3. The van der Waals surface area contributed by atoms with Crippen molar-refractivity contribution in [2.45, 2.75) is 39.8 Å². The van der Waals surface area contributed by atoms with E-state index in [4.69, 9.17) is 21.9 Å². The molecule has 1 aliphatic heterocycles. The lowest BCUT2D eigenvalue weighted by Crippen LogP contribution is -2.29. The van der Waals surface area contributed by atoms with Crippen LogP contribution in [0.2, 0.25) is 0 Å². The average molecular weight is 545 g/mol. The molecule has 0 amide bonds. The van der Waals surface area contributed by atoms with E-state index in [-0.39, 0.29) is 12.1 Å². The Kier molecular flexibility index (Phi) is 6.86. The molecule has 1 aliphatic rings. The van der Waals surface area contributed by atoms with Crippen LogP contribution in [0.5, 0.6) is 11.5 Å². The van der Waals surface area contributed by atoms with E-state index in [1.165, 1.54) is 22.5 Å². The number of hydrogen-bond donors (Lipinski definition) is 1. The summed E-state index contributed by atoms with van der Waals surface area (Å²) in [6.45, 7) is 8.51. The van der Waals surface area contributed by atoms with Crippen LogP contribution in [0.15, 0.2) is 103 Å². The van der Waals surface area contributed by atoms with E-state index in [0.717, 1.165) is 34.1 Å². The molecule has 1 fully saturated rings. The predicted molar refractivity (Wildman–Crippen MR) is 166 cm³/mol. The maximum Gasteiger partial charge on any atom is 0.174 e. The lowest BCUT2D eigenvalue weighted by atomic mass is 9.96. The van der Waals surface area contributed by atoms with E-state index in [2.05, 4.69) is 84.1 Å². The van der Waals surface area contributed by atoms with Gasteiger partial charge in [0.15, 0.2) is 5.11 Å². The smallest absolute Gasteiger partial charge is 0.174 e. The van der Waals surface area contributed by atoms with Crippen molar-refractivity contribution in [1.29, 1.82) is 0 Å². The highest BCUT2D eigenvalue weighted by molar-refractivity contribution is 7.80. The van der Waals surface area contributed by atoms with Crippen molar-refractivity contribution >= 4 is 23.0 Å². The summed E-state index contributed by atoms with van der Waals surface area (Å²) in [5.41, 5.74) is 9.02. The number of anilines is 1. The van der Waals surface area contributed by atoms with E-state index >= 15 is 0 Å². The normalized spacial score (nSPS) is 16.7. The van der Waals surface area contributed by atoms with Gasteiger partial charge in [0.05, 0.1) is 17.8 Å². The van der Waals surface area contributed by atoms with Crippen LogP contribution in [-0.4, -0.2) is 14.7 Å². The molecule has 2 atom stereocenters. The van der Waals surface area contributed by atoms with Crippen molar-refractivity contribution in [3.63, 3.8) is 0 Å². The largest absolute Gasteiger partial charge is 0.457 e. The number of ether oxygens (including phenoxy) is 1. The van der Waals surface area contributed by atoms with Gasteiger partial charge in [0.1, 0.15) is 11.5 Å². The van der Waals surface area contributed by atoms with Crippen LogP contribution >= 0.6 is 12.2 Å². The number of nitrogens with one attached hydrogen (secondary N) is 1. The molecule has 0 unspecified atom stereocenters. The second-order valence-electron chi connectivity index (χ2n) is 10.4. The number of aromatic nitrogens is 2. The number of benzene rings is 3. The predicted octanol–water partition coefficient (Wildman–Crippen LogP) is 8.08. The lowest BCUT2D eigenvalue weighted by Gasteiger charge is -2.28. The molecule has 40 heavy (non-hydrogen) atoms. The van der Waals surface area contributed by atoms with Gasteiger partial charge < -0.3 is 19.5 Å². The van der Waals surface area contributed by atoms with Crippen LogP contribution in [-0.2, 0) is 0 Å². The fourth-order valence-electron chi connectivity index (χ4n) is 5.60. The number of thiocarbonyl (C=S) groups is 1. The van der Waals surface area contributed by atoms with Gasteiger partial charge in [-0.1, -0.05) is 42.0 Å². The third-order valence-corrected chi connectivity index (χ3v) is 7.93. The molecule has 5 aromatic rings. The van der Waals surface area contributed by atoms with Crippen LogP contribution in [0.25, 0.3) is 5.69 Å². The van der Waals surface area contributed by atoms with E-state index in [1.54, 1.807) is 0 Å². The molecule has 2 aromatic heterocycles. The molecular formula is C34H32N4OS. The zero-order valence-electron chi connectivity index (χ0n) is 23.1. The summed E-state index contributed by atoms with van der Waals surface area (Å²) in [6.07, 6.45) is 1.84. The molecule has 1 N–H and O–H groups in total. The van der Waals surface area contributed by atoms with Gasteiger partial charge in [-0.05, 0) is 112 Å². The fourth-order valence-corrected chi connectivity index (χ4v) is 5.95. The van der Waals surface area contributed by atoms with Crippen LogP contribution in [0.4, 0.5) is 5.69 Å². The zero-order chi connectivity index (χ0) is 27.8. The van der Waals surface area contributed by atoms with Crippen LogP contribution in [0, 0.1) is 27.7 Å². The Morgan fingerprint density at radius 3 is 2.20 bits per heavy atom. The van der Waals surface area contributed by atoms with E-state index in [1.807, 2.05) is 61.7 Å². The Labute approximate surface area is 241 Å². The Balaban J connectivity index is 1.41. The average Bonchev–Trinajstić information content (AvgIpc) is 3.46. The number of aryl methyl sites for hydroxylation is 3. The molecule has 0 saturated carbocycles. The summed E-state index contributed by atoms with van der Waals surface area (Å²) in [4.78, 5) is 6.94. The quantitative estimate of drug-likeness (QED) is 0.219. The van der Waals surface area contributed by atoms with Gasteiger partial charge in [0, 0.05) is 29.0 Å². The van der Waals surface area contributed by atoms with Crippen molar-refractivity contribution in [3.05, 3.63) is 137 Å².